The number of anilines is 1. The van der Waals surface area contributed by atoms with Gasteiger partial charge in [-0.2, -0.15) is 13.2 Å². The summed E-state index contributed by atoms with van der Waals surface area (Å²) in [5, 5.41) is 0. The molecule has 0 aliphatic rings. The molecule has 0 spiro atoms. The van der Waals surface area contributed by atoms with E-state index in [1.165, 1.54) is 19.1 Å². The molecule has 0 aliphatic carbocycles. The highest BCUT2D eigenvalue weighted by Gasteiger charge is 2.32. The summed E-state index contributed by atoms with van der Waals surface area (Å²) < 4.78 is 36.5. The highest BCUT2D eigenvalue weighted by atomic mass is 19.4. The average molecular weight is 205 g/mol. The lowest BCUT2D eigenvalue weighted by Gasteiger charge is -2.09. The first kappa shape index (κ1) is 12.8. The van der Waals surface area contributed by atoms with E-state index in [9.17, 15) is 13.2 Å². The monoisotopic (exact) mass is 205 g/mol. The summed E-state index contributed by atoms with van der Waals surface area (Å²) in [6.07, 6.45) is -4.31. The Labute approximate surface area is 81.7 Å². The molecule has 1 rings (SSSR count). The van der Waals surface area contributed by atoms with Crippen LogP contribution in [0.1, 0.15) is 25.0 Å². The SMILES string of the molecule is CC.Cc1ccc(N)cc1C(F)(F)F. The van der Waals surface area contributed by atoms with Crippen LogP contribution in [0.15, 0.2) is 18.2 Å². The minimum absolute atomic E-state index is 0.132. The molecule has 14 heavy (non-hydrogen) atoms. The molecule has 1 nitrogen and oxygen atoms in total. The predicted octanol–water partition coefficient (Wildman–Crippen LogP) is 3.62. The summed E-state index contributed by atoms with van der Waals surface area (Å²) in [6, 6.07) is 3.75. The number of aryl methyl sites for hydroxylation is 1. The molecule has 0 heterocycles. The third-order valence-electron chi connectivity index (χ3n) is 1.57. The Hall–Kier alpha value is -1.19. The van der Waals surface area contributed by atoms with Gasteiger partial charge in [-0.25, -0.2) is 0 Å². The first-order valence-electron chi connectivity index (χ1n) is 4.34. The van der Waals surface area contributed by atoms with Crippen LogP contribution in [0.25, 0.3) is 0 Å². The third kappa shape index (κ3) is 3.28. The van der Waals surface area contributed by atoms with Gasteiger partial charge in [0, 0.05) is 5.69 Å². The number of hydrogen-bond acceptors (Lipinski definition) is 1. The van der Waals surface area contributed by atoms with E-state index < -0.39 is 11.7 Å². The van der Waals surface area contributed by atoms with Crippen molar-refractivity contribution in [3.8, 4) is 0 Å². The second kappa shape index (κ2) is 4.88. The normalized spacial score (nSPS) is 10.4. The van der Waals surface area contributed by atoms with Crippen LogP contribution in [0.5, 0.6) is 0 Å². The molecule has 0 fully saturated rings. The molecule has 80 valence electrons. The molecule has 0 saturated heterocycles. The average Bonchev–Trinajstić information content (AvgIpc) is 2.11. The van der Waals surface area contributed by atoms with Crippen LogP contribution in [-0.2, 0) is 6.18 Å². The van der Waals surface area contributed by atoms with Crippen molar-refractivity contribution < 1.29 is 13.2 Å². The molecule has 1 aromatic rings. The smallest absolute Gasteiger partial charge is 0.399 e. The van der Waals surface area contributed by atoms with Crippen molar-refractivity contribution in [3.63, 3.8) is 0 Å². The van der Waals surface area contributed by atoms with E-state index in [1.54, 1.807) is 0 Å². The molecule has 0 unspecified atom stereocenters. The van der Waals surface area contributed by atoms with E-state index in [-0.39, 0.29) is 11.3 Å². The first-order chi connectivity index (χ1) is 6.41. The van der Waals surface area contributed by atoms with Gasteiger partial charge in [0.05, 0.1) is 5.56 Å². The van der Waals surface area contributed by atoms with Crippen molar-refractivity contribution in [1.82, 2.24) is 0 Å². The van der Waals surface area contributed by atoms with E-state index >= 15 is 0 Å². The van der Waals surface area contributed by atoms with Gasteiger partial charge in [-0.05, 0) is 24.6 Å². The second-order valence-corrected chi connectivity index (χ2v) is 2.57. The molecule has 0 radical (unpaired) electrons. The molecule has 0 atom stereocenters. The molecule has 0 aliphatic heterocycles. The maximum Gasteiger partial charge on any atom is 0.416 e. The standard InChI is InChI=1S/C8H8F3N.C2H6/c1-5-2-3-6(12)4-7(5)8(9,10)11;1-2/h2-4H,12H2,1H3;1-2H3. The van der Waals surface area contributed by atoms with Crippen molar-refractivity contribution in [2.75, 3.05) is 5.73 Å². The molecule has 1 aromatic carbocycles. The topological polar surface area (TPSA) is 26.0 Å². The Morgan fingerprint density at radius 2 is 1.64 bits per heavy atom. The van der Waals surface area contributed by atoms with Crippen LogP contribution in [-0.4, -0.2) is 0 Å². The summed E-state index contributed by atoms with van der Waals surface area (Å²) in [6.45, 7) is 5.41. The van der Waals surface area contributed by atoms with Crippen LogP contribution in [0.3, 0.4) is 0 Å². The molecule has 0 aromatic heterocycles. The van der Waals surface area contributed by atoms with Crippen molar-refractivity contribution >= 4 is 5.69 Å². The van der Waals surface area contributed by atoms with Crippen molar-refractivity contribution in [2.24, 2.45) is 0 Å². The summed E-state index contributed by atoms with van der Waals surface area (Å²) in [5.74, 6) is 0. The number of halogens is 3. The lowest BCUT2D eigenvalue weighted by Crippen LogP contribution is -2.07. The van der Waals surface area contributed by atoms with Gasteiger partial charge >= 0.3 is 6.18 Å². The molecule has 0 amide bonds. The Balaban J connectivity index is 0.000000791. The first-order valence-corrected chi connectivity index (χ1v) is 4.34. The van der Waals surface area contributed by atoms with Crippen molar-refractivity contribution in [2.45, 2.75) is 26.9 Å². The molecule has 0 bridgehead atoms. The lowest BCUT2D eigenvalue weighted by atomic mass is 10.1. The minimum atomic E-state index is -4.31. The Morgan fingerprint density at radius 3 is 2.00 bits per heavy atom. The molecule has 2 N–H and O–H groups in total. The van der Waals surface area contributed by atoms with Gasteiger partial charge in [0.1, 0.15) is 0 Å². The number of benzene rings is 1. The summed E-state index contributed by atoms with van der Waals surface area (Å²) in [4.78, 5) is 0. The van der Waals surface area contributed by atoms with Crippen molar-refractivity contribution in [3.05, 3.63) is 29.3 Å². The fraction of sp³-hybridized carbons (Fsp3) is 0.400. The largest absolute Gasteiger partial charge is 0.416 e. The van der Waals surface area contributed by atoms with E-state index in [1.807, 2.05) is 13.8 Å². The summed E-state index contributed by atoms with van der Waals surface area (Å²) in [5.41, 5.74) is 4.88. The fourth-order valence-corrected chi connectivity index (χ4v) is 0.945. The fourth-order valence-electron chi connectivity index (χ4n) is 0.945. The second-order valence-electron chi connectivity index (χ2n) is 2.57. The zero-order chi connectivity index (χ0) is 11.4. The number of alkyl halides is 3. The van der Waals surface area contributed by atoms with Crippen LogP contribution < -0.4 is 5.73 Å². The van der Waals surface area contributed by atoms with E-state index in [0.29, 0.717) is 0 Å². The molecular formula is C10H14F3N. The van der Waals surface area contributed by atoms with Crippen molar-refractivity contribution in [1.29, 1.82) is 0 Å². The van der Waals surface area contributed by atoms with E-state index in [2.05, 4.69) is 0 Å². The Morgan fingerprint density at radius 1 is 1.14 bits per heavy atom. The Bertz CT molecular complexity index is 292. The number of nitrogens with two attached hydrogens (primary N) is 1. The van der Waals surface area contributed by atoms with Gasteiger partial charge in [-0.15, -0.1) is 0 Å². The van der Waals surface area contributed by atoms with E-state index in [0.717, 1.165) is 6.07 Å². The van der Waals surface area contributed by atoms with Crippen LogP contribution in [0.4, 0.5) is 18.9 Å². The number of hydrogen-bond donors (Lipinski definition) is 1. The number of nitrogen functional groups attached to an aromatic ring is 1. The van der Waals surface area contributed by atoms with Crippen LogP contribution >= 0.6 is 0 Å². The summed E-state index contributed by atoms with van der Waals surface area (Å²) in [7, 11) is 0. The highest BCUT2D eigenvalue weighted by molar-refractivity contribution is 5.45. The van der Waals surface area contributed by atoms with Crippen LogP contribution in [0.2, 0.25) is 0 Å². The quantitative estimate of drug-likeness (QED) is 0.643. The Kier molecular flexibility index (Phi) is 4.47. The van der Waals surface area contributed by atoms with Gasteiger partial charge in [-0.1, -0.05) is 19.9 Å². The molecule has 0 saturated carbocycles. The highest BCUT2D eigenvalue weighted by Crippen LogP contribution is 2.32. The van der Waals surface area contributed by atoms with E-state index in [4.69, 9.17) is 5.73 Å². The summed E-state index contributed by atoms with van der Waals surface area (Å²) >= 11 is 0. The van der Waals surface area contributed by atoms with Gasteiger partial charge in [0.15, 0.2) is 0 Å². The maximum atomic E-state index is 12.2. The van der Waals surface area contributed by atoms with Gasteiger partial charge < -0.3 is 5.73 Å². The zero-order valence-electron chi connectivity index (χ0n) is 8.44. The lowest BCUT2D eigenvalue weighted by molar-refractivity contribution is -0.138. The van der Waals surface area contributed by atoms with Gasteiger partial charge in [0.2, 0.25) is 0 Å². The maximum absolute atomic E-state index is 12.2. The van der Waals surface area contributed by atoms with Gasteiger partial charge in [0.25, 0.3) is 0 Å². The molecule has 4 heteroatoms. The third-order valence-corrected chi connectivity index (χ3v) is 1.57. The molecular weight excluding hydrogens is 191 g/mol. The minimum Gasteiger partial charge on any atom is -0.399 e. The number of rotatable bonds is 0. The van der Waals surface area contributed by atoms with Gasteiger partial charge in [-0.3, -0.25) is 0 Å². The zero-order valence-corrected chi connectivity index (χ0v) is 8.44. The predicted molar refractivity (Wildman–Crippen MR) is 51.9 cm³/mol. The van der Waals surface area contributed by atoms with Crippen LogP contribution in [0, 0.1) is 6.92 Å².